The summed E-state index contributed by atoms with van der Waals surface area (Å²) in [5.41, 5.74) is 1.38. The molecular formula is C19H30Cl2N4O3. The molecule has 0 saturated carbocycles. The number of rotatable bonds is 5. The van der Waals surface area contributed by atoms with Crippen LogP contribution in [0.4, 0.5) is 16.2 Å². The number of nitrogens with one attached hydrogen (secondary N) is 3. The fraction of sp³-hybridized carbons (Fsp3) is 0.579. The first kappa shape index (κ1) is 24.5. The fourth-order valence-electron chi connectivity index (χ4n) is 3.64. The first-order valence-electron chi connectivity index (χ1n) is 9.45. The lowest BCUT2D eigenvalue weighted by atomic mass is 9.94. The molecular weight excluding hydrogens is 403 g/mol. The van der Waals surface area contributed by atoms with Crippen LogP contribution in [0.2, 0.25) is 0 Å². The van der Waals surface area contributed by atoms with Crippen molar-refractivity contribution in [3.8, 4) is 0 Å². The molecule has 1 unspecified atom stereocenters. The van der Waals surface area contributed by atoms with Gasteiger partial charge in [-0.15, -0.1) is 24.8 Å². The summed E-state index contributed by atoms with van der Waals surface area (Å²) in [5.74, 6) is 0.151. The number of carbonyl (C=O) groups excluding carboxylic acids is 2. The lowest BCUT2D eigenvalue weighted by Crippen LogP contribution is -2.44. The fourth-order valence-corrected chi connectivity index (χ4v) is 3.64. The van der Waals surface area contributed by atoms with E-state index in [2.05, 4.69) is 20.9 Å². The van der Waals surface area contributed by atoms with Crippen LogP contribution in [-0.2, 0) is 9.53 Å². The van der Waals surface area contributed by atoms with Crippen molar-refractivity contribution in [1.29, 1.82) is 0 Å². The zero-order valence-corrected chi connectivity index (χ0v) is 17.7. The molecule has 0 aromatic heterocycles. The van der Waals surface area contributed by atoms with Crippen LogP contribution < -0.4 is 16.0 Å². The maximum Gasteiger partial charge on any atom is 0.411 e. The number of likely N-dealkylation sites (tertiary alicyclic amines) is 1. The van der Waals surface area contributed by atoms with Crippen molar-refractivity contribution < 1.29 is 14.3 Å². The minimum atomic E-state index is -0.478. The van der Waals surface area contributed by atoms with Crippen molar-refractivity contribution in [2.45, 2.75) is 32.2 Å². The zero-order chi connectivity index (χ0) is 18.4. The van der Waals surface area contributed by atoms with Gasteiger partial charge in [0.15, 0.2) is 0 Å². The maximum absolute atomic E-state index is 12.5. The molecule has 2 fully saturated rings. The number of hydrogen-bond donors (Lipinski definition) is 3. The summed E-state index contributed by atoms with van der Waals surface area (Å²) < 4.78 is 4.84. The van der Waals surface area contributed by atoms with Gasteiger partial charge in [0.2, 0.25) is 5.91 Å². The Hall–Kier alpha value is -1.54. The van der Waals surface area contributed by atoms with Gasteiger partial charge in [0.25, 0.3) is 0 Å². The molecule has 0 radical (unpaired) electrons. The van der Waals surface area contributed by atoms with Gasteiger partial charge in [-0.05, 0) is 70.1 Å². The minimum Gasteiger partial charge on any atom is -0.450 e. The van der Waals surface area contributed by atoms with Crippen LogP contribution in [0.3, 0.4) is 0 Å². The molecule has 9 heteroatoms. The van der Waals surface area contributed by atoms with Gasteiger partial charge in [-0.3, -0.25) is 15.0 Å². The Morgan fingerprint density at radius 3 is 2.21 bits per heavy atom. The second kappa shape index (κ2) is 12.1. The number of amides is 2. The Morgan fingerprint density at radius 1 is 1.07 bits per heavy atom. The van der Waals surface area contributed by atoms with E-state index in [1.54, 1.807) is 31.2 Å². The number of anilines is 2. The Kier molecular flexibility index (Phi) is 10.6. The van der Waals surface area contributed by atoms with E-state index in [0.717, 1.165) is 44.7 Å². The van der Waals surface area contributed by atoms with Crippen LogP contribution in [0, 0.1) is 5.92 Å². The molecule has 2 amide bonds. The molecule has 2 aliphatic heterocycles. The van der Waals surface area contributed by atoms with Crippen molar-refractivity contribution in [3.05, 3.63) is 24.3 Å². The summed E-state index contributed by atoms with van der Waals surface area (Å²) in [5, 5.41) is 9.03. The van der Waals surface area contributed by atoms with Crippen LogP contribution in [-0.4, -0.2) is 55.7 Å². The molecule has 1 aromatic carbocycles. The minimum absolute atomic E-state index is 0. The summed E-state index contributed by atoms with van der Waals surface area (Å²) >= 11 is 0. The average molecular weight is 433 g/mol. The van der Waals surface area contributed by atoms with Crippen molar-refractivity contribution in [1.82, 2.24) is 10.2 Å². The number of hydrogen-bond acceptors (Lipinski definition) is 5. The van der Waals surface area contributed by atoms with Crippen LogP contribution in [0.1, 0.15) is 26.2 Å². The highest BCUT2D eigenvalue weighted by Crippen LogP contribution is 2.23. The molecule has 2 aliphatic rings. The summed E-state index contributed by atoms with van der Waals surface area (Å²) in [6.45, 7) is 6.25. The lowest BCUT2D eigenvalue weighted by molar-refractivity contribution is -0.121. The second-order valence-corrected chi connectivity index (χ2v) is 6.87. The zero-order valence-electron chi connectivity index (χ0n) is 16.1. The van der Waals surface area contributed by atoms with E-state index >= 15 is 0 Å². The van der Waals surface area contributed by atoms with Gasteiger partial charge in [-0.1, -0.05) is 0 Å². The Morgan fingerprint density at radius 2 is 1.68 bits per heavy atom. The SMILES string of the molecule is CCOC(=O)Nc1ccc(NC(=O)C2CCN(C3CCNC3)CC2)cc1.Cl.Cl. The predicted molar refractivity (Wildman–Crippen MR) is 116 cm³/mol. The number of benzene rings is 1. The van der Waals surface area contributed by atoms with E-state index in [1.807, 2.05) is 0 Å². The quantitative estimate of drug-likeness (QED) is 0.665. The van der Waals surface area contributed by atoms with Crippen molar-refractivity contribution >= 4 is 48.2 Å². The van der Waals surface area contributed by atoms with Gasteiger partial charge in [0.05, 0.1) is 6.61 Å². The molecule has 1 aromatic rings. The van der Waals surface area contributed by atoms with E-state index in [9.17, 15) is 9.59 Å². The smallest absolute Gasteiger partial charge is 0.411 e. The van der Waals surface area contributed by atoms with E-state index in [4.69, 9.17) is 4.74 Å². The summed E-state index contributed by atoms with van der Waals surface area (Å²) in [6, 6.07) is 7.72. The maximum atomic E-state index is 12.5. The topological polar surface area (TPSA) is 82.7 Å². The third-order valence-corrected chi connectivity index (χ3v) is 5.13. The third-order valence-electron chi connectivity index (χ3n) is 5.13. The molecule has 0 bridgehead atoms. The highest BCUT2D eigenvalue weighted by atomic mass is 35.5. The van der Waals surface area contributed by atoms with Gasteiger partial charge < -0.3 is 15.4 Å². The first-order chi connectivity index (χ1) is 12.7. The van der Waals surface area contributed by atoms with E-state index in [-0.39, 0.29) is 36.6 Å². The Balaban J connectivity index is 0.00000196. The Bertz CT molecular complexity index is 616. The lowest BCUT2D eigenvalue weighted by Gasteiger charge is -2.35. The van der Waals surface area contributed by atoms with E-state index < -0.39 is 6.09 Å². The number of carbonyl (C=O) groups is 2. The van der Waals surface area contributed by atoms with E-state index in [1.165, 1.54) is 6.42 Å². The Labute approximate surface area is 178 Å². The summed E-state index contributed by atoms with van der Waals surface area (Å²) in [6.07, 6.45) is 2.55. The standard InChI is InChI=1S/C19H28N4O3.2ClH/c1-2-26-19(25)22-16-5-3-15(4-6-16)21-18(24)14-8-11-23(12-9-14)17-7-10-20-13-17;;/h3-6,14,17,20H,2,7-13H2,1H3,(H,21,24)(H,22,25);2*1H. The van der Waals surface area contributed by atoms with Crippen LogP contribution in [0.15, 0.2) is 24.3 Å². The van der Waals surface area contributed by atoms with Gasteiger partial charge in [0, 0.05) is 29.9 Å². The normalized spacial score (nSPS) is 19.8. The van der Waals surface area contributed by atoms with Crippen LogP contribution >= 0.6 is 24.8 Å². The van der Waals surface area contributed by atoms with Crippen LogP contribution in [0.5, 0.6) is 0 Å². The molecule has 0 aliphatic carbocycles. The van der Waals surface area contributed by atoms with Crippen molar-refractivity contribution in [3.63, 3.8) is 0 Å². The monoisotopic (exact) mass is 432 g/mol. The van der Waals surface area contributed by atoms with Gasteiger partial charge in [-0.2, -0.15) is 0 Å². The number of ether oxygens (including phenoxy) is 1. The summed E-state index contributed by atoms with van der Waals surface area (Å²) in [7, 11) is 0. The average Bonchev–Trinajstić information content (AvgIpc) is 3.18. The van der Waals surface area contributed by atoms with Gasteiger partial charge in [0.1, 0.15) is 0 Å². The molecule has 0 spiro atoms. The molecule has 158 valence electrons. The second-order valence-electron chi connectivity index (χ2n) is 6.87. The first-order valence-corrected chi connectivity index (χ1v) is 9.45. The van der Waals surface area contributed by atoms with Crippen molar-refractivity contribution in [2.75, 3.05) is 43.4 Å². The molecule has 28 heavy (non-hydrogen) atoms. The molecule has 2 heterocycles. The van der Waals surface area contributed by atoms with Crippen molar-refractivity contribution in [2.24, 2.45) is 5.92 Å². The highest BCUT2D eigenvalue weighted by molar-refractivity contribution is 5.93. The van der Waals surface area contributed by atoms with Gasteiger partial charge in [-0.25, -0.2) is 4.79 Å². The highest BCUT2D eigenvalue weighted by Gasteiger charge is 2.29. The predicted octanol–water partition coefficient (Wildman–Crippen LogP) is 3.11. The molecule has 3 N–H and O–H groups in total. The number of piperidine rings is 1. The molecule has 2 saturated heterocycles. The van der Waals surface area contributed by atoms with Crippen LogP contribution in [0.25, 0.3) is 0 Å². The third kappa shape index (κ3) is 6.81. The number of nitrogens with zero attached hydrogens (tertiary/aromatic N) is 1. The molecule has 3 rings (SSSR count). The molecule has 1 atom stereocenters. The van der Waals surface area contributed by atoms with Gasteiger partial charge >= 0.3 is 6.09 Å². The summed E-state index contributed by atoms with van der Waals surface area (Å²) in [4.78, 5) is 26.4. The largest absolute Gasteiger partial charge is 0.450 e. The van der Waals surface area contributed by atoms with E-state index in [0.29, 0.717) is 18.3 Å². The molecule has 7 nitrogen and oxygen atoms in total. The number of halogens is 2.